The lowest BCUT2D eigenvalue weighted by molar-refractivity contribution is -0.141. The highest BCUT2D eigenvalue weighted by Gasteiger charge is 2.35. The quantitative estimate of drug-likeness (QED) is 0.501. The minimum Gasteiger partial charge on any atom is -0.469 e. The van der Waals surface area contributed by atoms with Crippen molar-refractivity contribution < 1.29 is 23.6 Å². The van der Waals surface area contributed by atoms with Gasteiger partial charge in [0.15, 0.2) is 0 Å². The van der Waals surface area contributed by atoms with Gasteiger partial charge in [0.25, 0.3) is 0 Å². The fourth-order valence-corrected chi connectivity index (χ4v) is 3.56. The van der Waals surface area contributed by atoms with Crippen LogP contribution in [0.15, 0.2) is 42.5 Å². The highest BCUT2D eigenvalue weighted by molar-refractivity contribution is 6.63. The van der Waals surface area contributed by atoms with Crippen LogP contribution in [0.5, 0.6) is 0 Å². The molecule has 2 aromatic carbocycles. The summed E-state index contributed by atoms with van der Waals surface area (Å²) in [5.74, 6) is -0.450. The number of carbonyl (C=O) groups is 1. The molecule has 1 N–H and O–H groups in total. The average molecular weight is 436 g/mol. The molecule has 0 saturated carbocycles. The van der Waals surface area contributed by atoms with Crippen molar-refractivity contribution in [3.8, 4) is 6.07 Å². The van der Waals surface area contributed by atoms with E-state index >= 15 is 0 Å². The molecular formula is C24H29BN2O5. The summed E-state index contributed by atoms with van der Waals surface area (Å²) in [6.45, 7) is 5.76. The molecular weight excluding hydrogens is 407 g/mol. The molecule has 1 fully saturated rings. The topological polar surface area (TPSA) is 89.8 Å². The molecule has 0 bridgehead atoms. The van der Waals surface area contributed by atoms with Crippen molar-refractivity contribution in [2.24, 2.45) is 5.41 Å². The van der Waals surface area contributed by atoms with Crippen LogP contribution in [0, 0.1) is 16.7 Å². The van der Waals surface area contributed by atoms with Gasteiger partial charge in [0, 0.05) is 48.5 Å². The van der Waals surface area contributed by atoms with Gasteiger partial charge < -0.3 is 24.1 Å². The van der Waals surface area contributed by atoms with Crippen LogP contribution in [-0.2, 0) is 23.6 Å². The van der Waals surface area contributed by atoms with Crippen molar-refractivity contribution in [2.45, 2.75) is 26.2 Å². The van der Waals surface area contributed by atoms with Crippen LogP contribution < -0.4 is 10.8 Å². The number of esters is 1. The molecule has 0 amide bonds. The second-order valence-electron chi connectivity index (χ2n) is 8.71. The number of nitrogens with one attached hydrogen (secondary N) is 1. The van der Waals surface area contributed by atoms with Crippen LogP contribution in [-0.4, -0.2) is 47.1 Å². The number of benzene rings is 2. The maximum atomic E-state index is 11.9. The summed E-state index contributed by atoms with van der Waals surface area (Å²) in [6, 6.07) is 15.3. The largest absolute Gasteiger partial charge is 0.496 e. The minimum atomic E-state index is -0.501. The van der Waals surface area contributed by atoms with Crippen molar-refractivity contribution in [3.63, 3.8) is 0 Å². The van der Waals surface area contributed by atoms with E-state index in [2.05, 4.69) is 25.2 Å². The van der Waals surface area contributed by atoms with Crippen molar-refractivity contribution in [1.29, 1.82) is 5.26 Å². The molecule has 8 heteroatoms. The van der Waals surface area contributed by atoms with Gasteiger partial charge in [0.2, 0.25) is 0 Å². The Bertz CT molecular complexity index is 961. The highest BCUT2D eigenvalue weighted by atomic mass is 16.6. The van der Waals surface area contributed by atoms with E-state index in [4.69, 9.17) is 24.0 Å². The number of hydrogen-bond acceptors (Lipinski definition) is 7. The zero-order valence-corrected chi connectivity index (χ0v) is 19.0. The Labute approximate surface area is 189 Å². The zero-order chi connectivity index (χ0) is 23.1. The Morgan fingerprint density at radius 3 is 2.47 bits per heavy atom. The van der Waals surface area contributed by atoms with Crippen LogP contribution >= 0.6 is 0 Å². The monoisotopic (exact) mass is 436 g/mol. The standard InChI is InChI=1S/C24H29BN2O5/c1-24(2)15-31-25(32-16-24)21-10-7-18(19(14-29-3)12-23(28)30-4)11-22(21)27-20-8-5-17(13-26)6-9-20/h5-11,19,27H,12,14-16H2,1-4H3. The number of methoxy groups -OCH3 is 2. The van der Waals surface area contributed by atoms with E-state index in [1.54, 1.807) is 19.2 Å². The van der Waals surface area contributed by atoms with Gasteiger partial charge in [-0.1, -0.05) is 26.0 Å². The van der Waals surface area contributed by atoms with Gasteiger partial charge in [-0.05, 0) is 35.9 Å². The number of hydrogen-bond donors (Lipinski definition) is 1. The van der Waals surface area contributed by atoms with Gasteiger partial charge in [-0.25, -0.2) is 0 Å². The van der Waals surface area contributed by atoms with Gasteiger partial charge >= 0.3 is 13.1 Å². The fourth-order valence-electron chi connectivity index (χ4n) is 3.56. The van der Waals surface area contributed by atoms with Crippen LogP contribution in [0.25, 0.3) is 0 Å². The van der Waals surface area contributed by atoms with Gasteiger partial charge in [-0.15, -0.1) is 0 Å². The molecule has 0 spiro atoms. The van der Waals surface area contributed by atoms with Crippen LogP contribution in [0.4, 0.5) is 11.4 Å². The summed E-state index contributed by atoms with van der Waals surface area (Å²) in [5.41, 5.74) is 3.99. The molecule has 2 aromatic rings. The summed E-state index contributed by atoms with van der Waals surface area (Å²) >= 11 is 0. The number of nitriles is 1. The van der Waals surface area contributed by atoms with Gasteiger partial charge in [0.1, 0.15) is 0 Å². The van der Waals surface area contributed by atoms with E-state index in [9.17, 15) is 4.79 Å². The molecule has 0 aromatic heterocycles. The Kier molecular flexibility index (Phi) is 7.92. The molecule has 1 aliphatic heterocycles. The maximum absolute atomic E-state index is 11.9. The van der Waals surface area contributed by atoms with Crippen molar-refractivity contribution in [3.05, 3.63) is 53.6 Å². The first kappa shape index (κ1) is 23.8. The Hall–Kier alpha value is -2.86. The van der Waals surface area contributed by atoms with E-state index in [-0.39, 0.29) is 23.7 Å². The van der Waals surface area contributed by atoms with E-state index < -0.39 is 7.12 Å². The predicted molar refractivity (Wildman–Crippen MR) is 123 cm³/mol. The number of rotatable bonds is 8. The van der Waals surface area contributed by atoms with Crippen molar-refractivity contribution in [2.75, 3.05) is 39.4 Å². The number of carbonyl (C=O) groups excluding carboxylic acids is 1. The second kappa shape index (κ2) is 10.6. The third-order valence-electron chi connectivity index (χ3n) is 5.36. The molecule has 168 valence electrons. The van der Waals surface area contributed by atoms with Gasteiger partial charge in [0.05, 0.1) is 31.8 Å². The first-order valence-electron chi connectivity index (χ1n) is 10.5. The Balaban J connectivity index is 1.94. The van der Waals surface area contributed by atoms with E-state index in [0.717, 1.165) is 22.4 Å². The summed E-state index contributed by atoms with van der Waals surface area (Å²) in [5, 5.41) is 12.5. The minimum absolute atomic E-state index is 0.0404. The number of nitrogens with zero attached hydrogens (tertiary/aromatic N) is 1. The molecule has 0 radical (unpaired) electrons. The first-order chi connectivity index (χ1) is 15.3. The Morgan fingerprint density at radius 1 is 1.19 bits per heavy atom. The normalized spacial score (nSPS) is 16.2. The van der Waals surface area contributed by atoms with Crippen molar-refractivity contribution in [1.82, 2.24) is 0 Å². The highest BCUT2D eigenvalue weighted by Crippen LogP contribution is 2.27. The lowest BCUT2D eigenvalue weighted by Gasteiger charge is -2.34. The summed E-state index contributed by atoms with van der Waals surface area (Å²) in [7, 11) is 2.49. The third-order valence-corrected chi connectivity index (χ3v) is 5.36. The van der Waals surface area contributed by atoms with Crippen LogP contribution in [0.1, 0.15) is 37.3 Å². The SMILES string of the molecule is COCC(CC(=O)OC)c1ccc(B2OCC(C)(C)CO2)c(Nc2ccc(C#N)cc2)c1. The average Bonchev–Trinajstić information content (AvgIpc) is 2.79. The lowest BCUT2D eigenvalue weighted by Crippen LogP contribution is -2.48. The predicted octanol–water partition coefficient (Wildman–Crippen LogP) is 3.36. The molecule has 1 aliphatic rings. The molecule has 1 saturated heterocycles. The molecule has 1 atom stereocenters. The zero-order valence-electron chi connectivity index (χ0n) is 19.0. The van der Waals surface area contributed by atoms with Crippen LogP contribution in [0.3, 0.4) is 0 Å². The Morgan fingerprint density at radius 2 is 1.88 bits per heavy atom. The van der Waals surface area contributed by atoms with E-state index in [1.165, 1.54) is 7.11 Å². The smallest absolute Gasteiger partial charge is 0.469 e. The number of ether oxygens (including phenoxy) is 2. The summed E-state index contributed by atoms with van der Waals surface area (Å²) in [4.78, 5) is 11.9. The summed E-state index contributed by atoms with van der Waals surface area (Å²) < 4.78 is 22.2. The van der Waals surface area contributed by atoms with E-state index in [0.29, 0.717) is 25.4 Å². The molecule has 7 nitrogen and oxygen atoms in total. The maximum Gasteiger partial charge on any atom is 0.496 e. The van der Waals surface area contributed by atoms with E-state index in [1.807, 2.05) is 30.3 Å². The van der Waals surface area contributed by atoms with Gasteiger partial charge in [-0.2, -0.15) is 5.26 Å². The lowest BCUT2D eigenvalue weighted by atomic mass is 9.74. The van der Waals surface area contributed by atoms with Crippen molar-refractivity contribution >= 4 is 29.9 Å². The molecule has 0 aliphatic carbocycles. The molecule has 1 unspecified atom stereocenters. The van der Waals surface area contributed by atoms with Gasteiger partial charge in [-0.3, -0.25) is 4.79 Å². The van der Waals surface area contributed by atoms with Crippen LogP contribution in [0.2, 0.25) is 0 Å². The first-order valence-corrected chi connectivity index (χ1v) is 10.5. The number of anilines is 2. The fraction of sp³-hybridized carbons (Fsp3) is 0.417. The third kappa shape index (κ3) is 6.10. The second-order valence-corrected chi connectivity index (χ2v) is 8.71. The summed E-state index contributed by atoms with van der Waals surface area (Å²) in [6.07, 6.45) is 0.213. The molecule has 3 rings (SSSR count). The molecule has 1 heterocycles. The molecule has 32 heavy (non-hydrogen) atoms.